The van der Waals surface area contributed by atoms with E-state index in [4.69, 9.17) is 16.3 Å². The van der Waals surface area contributed by atoms with Crippen LogP contribution in [0.5, 0.6) is 0 Å². The monoisotopic (exact) mass is 434 g/mol. The maximum absolute atomic E-state index is 13.3. The van der Waals surface area contributed by atoms with Crippen LogP contribution in [0.15, 0.2) is 48.5 Å². The summed E-state index contributed by atoms with van der Waals surface area (Å²) in [6.07, 6.45) is -1.23. The van der Waals surface area contributed by atoms with Crippen LogP contribution in [0.1, 0.15) is 22.2 Å². The molecule has 1 aromatic heterocycles. The summed E-state index contributed by atoms with van der Waals surface area (Å²) in [5.41, 5.74) is 0.866. The number of thiophene rings is 1. The zero-order valence-electron chi connectivity index (χ0n) is 15.2. The van der Waals surface area contributed by atoms with E-state index in [0.29, 0.717) is 10.1 Å². The van der Waals surface area contributed by atoms with Crippen LogP contribution in [0.3, 0.4) is 0 Å². The lowest BCUT2D eigenvalue weighted by molar-refractivity contribution is -0.127. The number of esters is 1. The van der Waals surface area contributed by atoms with E-state index in [1.54, 1.807) is 0 Å². The van der Waals surface area contributed by atoms with Gasteiger partial charge in [-0.2, -0.15) is 0 Å². The van der Waals surface area contributed by atoms with Gasteiger partial charge >= 0.3 is 12.0 Å². The lowest BCUT2D eigenvalue weighted by atomic mass is 10.2. The molecule has 1 atom stereocenters. The number of hydrogen-bond acceptors (Lipinski definition) is 5. The van der Waals surface area contributed by atoms with Gasteiger partial charge in [-0.1, -0.05) is 41.9 Å². The molecule has 1 unspecified atom stereocenters. The summed E-state index contributed by atoms with van der Waals surface area (Å²) >= 11 is 7.14. The van der Waals surface area contributed by atoms with Crippen LogP contribution >= 0.6 is 22.9 Å². The minimum Gasteiger partial charge on any atom is -0.448 e. The Kier molecular flexibility index (Phi) is 6.46. The molecule has 9 heteroatoms. The molecule has 0 spiro atoms. The molecule has 150 valence electrons. The van der Waals surface area contributed by atoms with Crippen molar-refractivity contribution < 1.29 is 23.5 Å². The quantitative estimate of drug-likeness (QED) is 0.587. The lowest BCUT2D eigenvalue weighted by Gasteiger charge is -2.13. The molecule has 1 heterocycles. The molecule has 0 bridgehead atoms. The summed E-state index contributed by atoms with van der Waals surface area (Å²) in [7, 11) is 0. The van der Waals surface area contributed by atoms with Crippen molar-refractivity contribution in [3.63, 3.8) is 0 Å². The zero-order chi connectivity index (χ0) is 21.0. The van der Waals surface area contributed by atoms with E-state index in [0.717, 1.165) is 16.9 Å². The molecule has 0 radical (unpaired) electrons. The minimum absolute atomic E-state index is 0.0560. The number of rotatable bonds is 5. The van der Waals surface area contributed by atoms with Crippen molar-refractivity contribution in [2.75, 3.05) is 0 Å². The van der Waals surface area contributed by atoms with E-state index in [9.17, 15) is 18.8 Å². The molecule has 3 rings (SSSR count). The summed E-state index contributed by atoms with van der Waals surface area (Å²) in [4.78, 5) is 36.4. The van der Waals surface area contributed by atoms with Crippen LogP contribution in [0.25, 0.3) is 10.1 Å². The third-order valence-electron chi connectivity index (χ3n) is 3.96. The van der Waals surface area contributed by atoms with E-state index in [-0.39, 0.29) is 16.4 Å². The molecule has 0 saturated carbocycles. The molecule has 3 aromatic rings. The third-order valence-corrected chi connectivity index (χ3v) is 5.60. The van der Waals surface area contributed by atoms with Gasteiger partial charge < -0.3 is 10.1 Å². The van der Waals surface area contributed by atoms with Crippen molar-refractivity contribution in [3.05, 3.63) is 69.8 Å². The third kappa shape index (κ3) is 5.10. The van der Waals surface area contributed by atoms with Crippen LogP contribution in [-0.2, 0) is 16.1 Å². The van der Waals surface area contributed by atoms with Crippen molar-refractivity contribution in [3.8, 4) is 0 Å². The average Bonchev–Trinajstić information content (AvgIpc) is 3.03. The second kappa shape index (κ2) is 9.02. The summed E-state index contributed by atoms with van der Waals surface area (Å²) in [6.45, 7) is 1.57. The van der Waals surface area contributed by atoms with E-state index < -0.39 is 29.8 Å². The van der Waals surface area contributed by atoms with Crippen molar-refractivity contribution in [1.82, 2.24) is 10.6 Å². The largest absolute Gasteiger partial charge is 0.448 e. The van der Waals surface area contributed by atoms with Crippen molar-refractivity contribution in [2.45, 2.75) is 19.6 Å². The first kappa shape index (κ1) is 20.8. The van der Waals surface area contributed by atoms with Gasteiger partial charge in [0.25, 0.3) is 5.91 Å². The second-order valence-electron chi connectivity index (χ2n) is 6.09. The fraction of sp³-hybridized carbons (Fsp3) is 0.150. The molecule has 2 N–H and O–H groups in total. The Morgan fingerprint density at radius 3 is 2.62 bits per heavy atom. The molecule has 0 aliphatic heterocycles. The van der Waals surface area contributed by atoms with E-state index in [2.05, 4.69) is 10.6 Å². The number of amides is 3. The van der Waals surface area contributed by atoms with Gasteiger partial charge in [-0.25, -0.2) is 14.0 Å². The Bertz CT molecular complexity index is 1070. The first-order chi connectivity index (χ1) is 13.8. The van der Waals surface area contributed by atoms with Crippen molar-refractivity contribution in [2.24, 2.45) is 0 Å². The number of hydrogen-bond donors (Lipinski definition) is 2. The van der Waals surface area contributed by atoms with Crippen molar-refractivity contribution in [1.29, 1.82) is 0 Å². The maximum atomic E-state index is 13.3. The molecule has 0 aliphatic carbocycles. The summed E-state index contributed by atoms with van der Waals surface area (Å²) < 4.78 is 18.9. The summed E-state index contributed by atoms with van der Waals surface area (Å²) in [5, 5.41) is 5.29. The van der Waals surface area contributed by atoms with Gasteiger partial charge in [-0.05, 0) is 30.7 Å². The van der Waals surface area contributed by atoms with Crippen LogP contribution in [-0.4, -0.2) is 24.0 Å². The van der Waals surface area contributed by atoms with Crippen LogP contribution in [0, 0.1) is 5.82 Å². The number of urea groups is 1. The highest BCUT2D eigenvalue weighted by atomic mass is 35.5. The van der Waals surface area contributed by atoms with Gasteiger partial charge in [0.2, 0.25) is 0 Å². The number of benzene rings is 2. The van der Waals surface area contributed by atoms with Crippen LogP contribution in [0.2, 0.25) is 5.02 Å². The lowest BCUT2D eigenvalue weighted by Crippen LogP contribution is -2.44. The number of nitrogens with one attached hydrogen (secondary N) is 2. The topological polar surface area (TPSA) is 84.5 Å². The normalized spacial score (nSPS) is 11.7. The maximum Gasteiger partial charge on any atom is 0.350 e. The Morgan fingerprint density at radius 1 is 1.17 bits per heavy atom. The fourth-order valence-corrected chi connectivity index (χ4v) is 3.89. The average molecular weight is 435 g/mol. The van der Waals surface area contributed by atoms with Gasteiger partial charge in [0.05, 0.1) is 5.02 Å². The number of halogens is 2. The first-order valence-corrected chi connectivity index (χ1v) is 9.75. The zero-order valence-corrected chi connectivity index (χ0v) is 16.8. The molecule has 29 heavy (non-hydrogen) atoms. The minimum atomic E-state index is -1.23. The highest BCUT2D eigenvalue weighted by molar-refractivity contribution is 7.21. The van der Waals surface area contributed by atoms with Crippen LogP contribution < -0.4 is 10.6 Å². The van der Waals surface area contributed by atoms with Crippen LogP contribution in [0.4, 0.5) is 9.18 Å². The highest BCUT2D eigenvalue weighted by Gasteiger charge is 2.24. The van der Waals surface area contributed by atoms with Gasteiger partial charge in [0.1, 0.15) is 10.7 Å². The van der Waals surface area contributed by atoms with E-state index in [1.165, 1.54) is 25.1 Å². The molecular formula is C20H16ClFN2O4S. The van der Waals surface area contributed by atoms with Crippen molar-refractivity contribution >= 4 is 50.9 Å². The molecule has 6 nitrogen and oxygen atoms in total. The standard InChI is InChI=1S/C20H16ClFN2O4S/c1-11(18(25)24-20(27)23-10-12-5-3-2-4-6-12)28-19(26)17-16(21)14-8-7-13(22)9-15(14)29-17/h2-9,11H,10H2,1H3,(H2,23,24,25,27). The van der Waals surface area contributed by atoms with Gasteiger partial charge in [-0.3, -0.25) is 10.1 Å². The Balaban J connectivity index is 1.57. The van der Waals surface area contributed by atoms with Gasteiger partial charge in [0, 0.05) is 16.6 Å². The smallest absolute Gasteiger partial charge is 0.350 e. The predicted molar refractivity (Wildman–Crippen MR) is 108 cm³/mol. The number of carbonyl (C=O) groups excluding carboxylic acids is 3. The Labute approximate surface area is 174 Å². The number of ether oxygens (including phenoxy) is 1. The van der Waals surface area contributed by atoms with Gasteiger partial charge in [0.15, 0.2) is 6.10 Å². The Hall–Kier alpha value is -2.97. The number of fused-ring (bicyclic) bond motifs is 1. The number of carbonyl (C=O) groups is 3. The van der Waals surface area contributed by atoms with E-state index >= 15 is 0 Å². The molecule has 0 fully saturated rings. The fourth-order valence-electron chi connectivity index (χ4n) is 2.47. The first-order valence-electron chi connectivity index (χ1n) is 8.56. The second-order valence-corrected chi connectivity index (χ2v) is 7.52. The van der Waals surface area contributed by atoms with Gasteiger partial charge in [-0.15, -0.1) is 11.3 Å². The molecule has 0 aliphatic rings. The SMILES string of the molecule is CC(OC(=O)c1sc2cc(F)ccc2c1Cl)C(=O)NC(=O)NCc1ccccc1. The molecular weight excluding hydrogens is 419 g/mol. The summed E-state index contributed by atoms with van der Waals surface area (Å²) in [5.74, 6) is -2.07. The molecule has 2 aromatic carbocycles. The summed E-state index contributed by atoms with van der Waals surface area (Å²) in [6, 6.07) is 12.4. The van der Waals surface area contributed by atoms with E-state index in [1.807, 2.05) is 30.3 Å². The number of imide groups is 1. The Morgan fingerprint density at radius 2 is 1.90 bits per heavy atom. The molecule has 3 amide bonds. The molecule has 0 saturated heterocycles. The highest BCUT2D eigenvalue weighted by Crippen LogP contribution is 2.36. The predicted octanol–water partition coefficient (Wildman–Crippen LogP) is 4.27.